The van der Waals surface area contributed by atoms with Gasteiger partial charge in [0.15, 0.2) is 0 Å². The van der Waals surface area contributed by atoms with Crippen LogP contribution in [0.3, 0.4) is 0 Å². The molecular formula is C21H18FN5O4. The van der Waals surface area contributed by atoms with Gasteiger partial charge in [0, 0.05) is 24.5 Å². The van der Waals surface area contributed by atoms with Gasteiger partial charge in [-0.1, -0.05) is 0 Å². The van der Waals surface area contributed by atoms with Crippen LogP contribution >= 0.6 is 0 Å². The fourth-order valence-corrected chi connectivity index (χ4v) is 3.64. The highest BCUT2D eigenvalue weighted by Gasteiger charge is 2.49. The summed E-state index contributed by atoms with van der Waals surface area (Å²) in [5.74, 6) is -2.12. The van der Waals surface area contributed by atoms with Crippen molar-refractivity contribution in [1.29, 1.82) is 0 Å². The molecule has 2 atom stereocenters. The lowest BCUT2D eigenvalue weighted by Gasteiger charge is -2.37. The molecule has 158 valence electrons. The zero-order valence-corrected chi connectivity index (χ0v) is 16.3. The van der Waals surface area contributed by atoms with E-state index in [1.807, 2.05) is 0 Å². The van der Waals surface area contributed by atoms with Crippen molar-refractivity contribution in [2.45, 2.75) is 12.1 Å². The Balaban J connectivity index is 1.54. The number of carbonyl (C=O) groups excluding carboxylic acids is 4. The summed E-state index contributed by atoms with van der Waals surface area (Å²) in [6.07, 6.45) is 1.49. The summed E-state index contributed by atoms with van der Waals surface area (Å²) in [4.78, 5) is 52.2. The van der Waals surface area contributed by atoms with Crippen molar-refractivity contribution in [1.82, 2.24) is 10.2 Å². The number of urea groups is 1. The van der Waals surface area contributed by atoms with E-state index in [0.717, 1.165) is 17.0 Å². The Morgan fingerprint density at radius 2 is 1.71 bits per heavy atom. The SMILES string of the molecule is CN1C=C(C(=O)Nc2ccc(C(N)=O)cc2)C2NC(=O)N(c3ccc(F)cc3)C(=O)C21. The van der Waals surface area contributed by atoms with E-state index in [1.54, 1.807) is 11.9 Å². The number of rotatable bonds is 4. The smallest absolute Gasteiger partial charge is 0.329 e. The van der Waals surface area contributed by atoms with Crippen LogP contribution in [0.15, 0.2) is 60.3 Å². The lowest BCUT2D eigenvalue weighted by Crippen LogP contribution is -2.65. The van der Waals surface area contributed by atoms with Crippen molar-refractivity contribution in [3.63, 3.8) is 0 Å². The topological polar surface area (TPSA) is 125 Å². The molecular weight excluding hydrogens is 405 g/mol. The van der Waals surface area contributed by atoms with E-state index in [-0.39, 0.29) is 11.3 Å². The monoisotopic (exact) mass is 423 g/mol. The molecule has 1 saturated heterocycles. The van der Waals surface area contributed by atoms with Crippen LogP contribution in [0.2, 0.25) is 0 Å². The normalized spacial score (nSPS) is 20.1. The molecule has 0 bridgehead atoms. The molecule has 9 nitrogen and oxygen atoms in total. The molecule has 2 aromatic rings. The summed E-state index contributed by atoms with van der Waals surface area (Å²) in [6, 6.07) is 8.57. The predicted molar refractivity (Wildman–Crippen MR) is 109 cm³/mol. The van der Waals surface area contributed by atoms with Crippen molar-refractivity contribution in [3.8, 4) is 0 Å². The fourth-order valence-electron chi connectivity index (χ4n) is 3.64. The highest BCUT2D eigenvalue weighted by molar-refractivity contribution is 6.20. The minimum Gasteiger partial charge on any atom is -0.366 e. The van der Waals surface area contributed by atoms with Gasteiger partial charge in [0.25, 0.3) is 11.8 Å². The third kappa shape index (κ3) is 3.59. The average Bonchev–Trinajstić information content (AvgIpc) is 3.06. The third-order valence-corrected chi connectivity index (χ3v) is 5.16. The molecule has 2 heterocycles. The van der Waals surface area contributed by atoms with Crippen LogP contribution < -0.4 is 21.3 Å². The molecule has 0 saturated carbocycles. The van der Waals surface area contributed by atoms with Crippen LogP contribution in [0, 0.1) is 5.82 Å². The van der Waals surface area contributed by atoms with Gasteiger partial charge in [-0.05, 0) is 48.5 Å². The molecule has 2 aliphatic heterocycles. The number of nitrogens with two attached hydrogens (primary N) is 1. The van der Waals surface area contributed by atoms with E-state index in [0.29, 0.717) is 11.3 Å². The second-order valence-corrected chi connectivity index (χ2v) is 7.17. The largest absolute Gasteiger partial charge is 0.366 e. The molecule has 4 N–H and O–H groups in total. The van der Waals surface area contributed by atoms with Crippen LogP contribution in [0.5, 0.6) is 0 Å². The maximum atomic E-state index is 13.2. The zero-order chi connectivity index (χ0) is 22.3. The number of hydrogen-bond acceptors (Lipinski definition) is 5. The number of hydrogen-bond donors (Lipinski definition) is 3. The molecule has 2 aromatic carbocycles. The molecule has 2 unspecified atom stereocenters. The van der Waals surface area contributed by atoms with Gasteiger partial charge in [-0.2, -0.15) is 0 Å². The number of anilines is 2. The Hall–Kier alpha value is -4.21. The lowest BCUT2D eigenvalue weighted by atomic mass is 9.99. The number of nitrogens with zero attached hydrogens (tertiary/aromatic N) is 2. The van der Waals surface area contributed by atoms with Gasteiger partial charge in [0.1, 0.15) is 11.9 Å². The molecule has 0 aromatic heterocycles. The standard InChI is InChI=1S/C21H18FN5O4/c1-26-10-15(19(29)24-13-6-2-11(3-7-13)18(23)28)16-17(26)20(30)27(21(31)25-16)14-8-4-12(22)5-9-14/h2-10,16-17H,1H3,(H2,23,28)(H,24,29)(H,25,31). The summed E-state index contributed by atoms with van der Waals surface area (Å²) in [6.45, 7) is 0. The average molecular weight is 423 g/mol. The minimum atomic E-state index is -0.855. The van der Waals surface area contributed by atoms with Crippen LogP contribution in [-0.2, 0) is 9.59 Å². The van der Waals surface area contributed by atoms with Crippen molar-refractivity contribution in [2.24, 2.45) is 5.73 Å². The predicted octanol–water partition coefficient (Wildman–Crippen LogP) is 1.19. The molecule has 0 aliphatic carbocycles. The van der Waals surface area contributed by atoms with Crippen LogP contribution in [0.1, 0.15) is 10.4 Å². The van der Waals surface area contributed by atoms with E-state index in [1.165, 1.54) is 42.6 Å². The lowest BCUT2D eigenvalue weighted by molar-refractivity contribution is -0.122. The number of primary amides is 1. The Labute approximate surface area is 176 Å². The van der Waals surface area contributed by atoms with Gasteiger partial charge >= 0.3 is 6.03 Å². The van der Waals surface area contributed by atoms with Gasteiger partial charge in [0.05, 0.1) is 17.3 Å². The number of likely N-dealkylation sites (N-methyl/N-ethyl adjacent to an activating group) is 1. The number of benzene rings is 2. The third-order valence-electron chi connectivity index (χ3n) is 5.16. The Bertz CT molecular complexity index is 1110. The van der Waals surface area contributed by atoms with E-state index >= 15 is 0 Å². The van der Waals surface area contributed by atoms with E-state index in [2.05, 4.69) is 10.6 Å². The van der Waals surface area contributed by atoms with Crippen LogP contribution in [0.25, 0.3) is 0 Å². The summed E-state index contributed by atoms with van der Waals surface area (Å²) < 4.78 is 13.2. The fraction of sp³-hybridized carbons (Fsp3) is 0.143. The molecule has 5 amide bonds. The van der Waals surface area contributed by atoms with Gasteiger partial charge in [-0.3, -0.25) is 14.4 Å². The zero-order valence-electron chi connectivity index (χ0n) is 16.3. The molecule has 0 spiro atoms. The first-order chi connectivity index (χ1) is 14.8. The number of carbonyl (C=O) groups is 4. The number of amides is 5. The Kier molecular flexibility index (Phi) is 4.90. The van der Waals surface area contributed by atoms with Crippen molar-refractivity contribution in [2.75, 3.05) is 17.3 Å². The van der Waals surface area contributed by atoms with Gasteiger partial charge in [0.2, 0.25) is 5.91 Å². The summed E-state index contributed by atoms with van der Waals surface area (Å²) >= 11 is 0. The molecule has 10 heteroatoms. The first-order valence-electron chi connectivity index (χ1n) is 9.31. The number of fused-ring (bicyclic) bond motifs is 1. The second kappa shape index (κ2) is 7.56. The minimum absolute atomic E-state index is 0.201. The first-order valence-corrected chi connectivity index (χ1v) is 9.31. The van der Waals surface area contributed by atoms with E-state index < -0.39 is 41.7 Å². The second-order valence-electron chi connectivity index (χ2n) is 7.17. The van der Waals surface area contributed by atoms with E-state index in [4.69, 9.17) is 5.73 Å². The molecule has 31 heavy (non-hydrogen) atoms. The molecule has 0 radical (unpaired) electrons. The Morgan fingerprint density at radius 3 is 2.32 bits per heavy atom. The summed E-state index contributed by atoms with van der Waals surface area (Å²) in [7, 11) is 1.62. The highest BCUT2D eigenvalue weighted by atomic mass is 19.1. The number of imide groups is 1. The van der Waals surface area contributed by atoms with Crippen molar-refractivity contribution >= 4 is 35.1 Å². The maximum Gasteiger partial charge on any atom is 0.329 e. The summed E-state index contributed by atoms with van der Waals surface area (Å²) in [5.41, 5.74) is 6.35. The Morgan fingerprint density at radius 1 is 1.06 bits per heavy atom. The maximum absolute atomic E-state index is 13.2. The number of halogens is 1. The van der Waals surface area contributed by atoms with Gasteiger partial charge in [-0.15, -0.1) is 0 Å². The van der Waals surface area contributed by atoms with E-state index in [9.17, 15) is 23.6 Å². The quantitative estimate of drug-likeness (QED) is 0.681. The molecule has 2 aliphatic rings. The van der Waals surface area contributed by atoms with Gasteiger partial charge < -0.3 is 21.3 Å². The molecule has 1 fully saturated rings. The van der Waals surface area contributed by atoms with Crippen molar-refractivity contribution in [3.05, 3.63) is 71.7 Å². The first kappa shape index (κ1) is 20.1. The summed E-state index contributed by atoms with van der Waals surface area (Å²) in [5, 5.41) is 5.36. The molecule has 4 rings (SSSR count). The highest BCUT2D eigenvalue weighted by Crippen LogP contribution is 2.30. The van der Waals surface area contributed by atoms with Crippen LogP contribution in [-0.4, -0.2) is 47.8 Å². The van der Waals surface area contributed by atoms with Crippen LogP contribution in [0.4, 0.5) is 20.6 Å². The van der Waals surface area contributed by atoms with Gasteiger partial charge in [-0.25, -0.2) is 14.1 Å². The number of nitrogens with one attached hydrogen (secondary N) is 2. The van der Waals surface area contributed by atoms with Crippen molar-refractivity contribution < 1.29 is 23.6 Å².